The summed E-state index contributed by atoms with van der Waals surface area (Å²) in [6.45, 7) is 0. The maximum atomic E-state index is 15.0. The van der Waals surface area contributed by atoms with Crippen molar-refractivity contribution in [3.05, 3.63) is 230 Å². The number of aromatic nitrogens is 4. The molecule has 0 saturated heterocycles. The molecule has 4 heterocycles. The van der Waals surface area contributed by atoms with Crippen LogP contribution >= 0.6 is 0 Å². The number of halogens is 2. The lowest BCUT2D eigenvalue weighted by Crippen LogP contribution is -2.05. The van der Waals surface area contributed by atoms with Gasteiger partial charge >= 0.3 is 0 Å². The van der Waals surface area contributed by atoms with Crippen molar-refractivity contribution < 1.29 is 8.78 Å². The molecule has 0 saturated carbocycles. The highest BCUT2D eigenvalue weighted by molar-refractivity contribution is 6.13. The van der Waals surface area contributed by atoms with Crippen molar-refractivity contribution >= 4 is 43.6 Å². The van der Waals surface area contributed by atoms with E-state index >= 15 is 8.78 Å². The molecule has 0 N–H and O–H groups in total. The Kier molecular flexibility index (Phi) is 9.18. The van der Waals surface area contributed by atoms with Crippen molar-refractivity contribution in [1.82, 2.24) is 19.1 Å². The number of nitrogens with zero attached hydrogens (tertiary/aromatic N) is 5. The van der Waals surface area contributed by atoms with Crippen LogP contribution in [0, 0.1) is 23.0 Å². The Balaban J connectivity index is 1.11. The molecule has 0 spiro atoms. The second-order valence-electron chi connectivity index (χ2n) is 16.4. The molecule has 0 unspecified atom stereocenters. The maximum absolute atomic E-state index is 15.0. The van der Waals surface area contributed by atoms with Crippen LogP contribution in [0.1, 0.15) is 5.56 Å². The number of fused-ring (bicyclic) bond motifs is 6. The molecule has 7 heteroatoms. The monoisotopic (exact) mass is 851 g/mol. The fraction of sp³-hybridized carbons (Fsp3) is 0. The van der Waals surface area contributed by atoms with Gasteiger partial charge in [0.2, 0.25) is 0 Å². The highest BCUT2D eigenvalue weighted by atomic mass is 19.1. The average Bonchev–Trinajstić information content (AvgIpc) is 3.88. The van der Waals surface area contributed by atoms with Gasteiger partial charge in [0.25, 0.3) is 0 Å². The Labute approximate surface area is 378 Å². The molecule has 0 fully saturated rings. The summed E-state index contributed by atoms with van der Waals surface area (Å²) < 4.78 is 34.4. The Bertz CT molecular complexity index is 3900. The molecular formula is C59H35F2N5. The van der Waals surface area contributed by atoms with Crippen LogP contribution in [-0.2, 0) is 0 Å². The number of pyridine rings is 2. The van der Waals surface area contributed by atoms with Crippen LogP contribution < -0.4 is 0 Å². The predicted octanol–water partition coefficient (Wildman–Crippen LogP) is 15.2. The minimum atomic E-state index is -0.723. The molecule has 66 heavy (non-hydrogen) atoms. The van der Waals surface area contributed by atoms with Crippen molar-refractivity contribution in [1.29, 1.82) is 5.26 Å². The molecule has 0 radical (unpaired) electrons. The lowest BCUT2D eigenvalue weighted by atomic mass is 9.97. The second kappa shape index (κ2) is 15.7. The average molecular weight is 852 g/mol. The minimum absolute atomic E-state index is 0.269. The summed E-state index contributed by atoms with van der Waals surface area (Å²) >= 11 is 0. The topological polar surface area (TPSA) is 59.4 Å². The molecule has 8 aromatic carbocycles. The van der Waals surface area contributed by atoms with Crippen LogP contribution in [0.2, 0.25) is 0 Å². The summed E-state index contributed by atoms with van der Waals surface area (Å²) in [4.78, 5) is 9.36. The summed E-state index contributed by atoms with van der Waals surface area (Å²) in [7, 11) is 0. The number of hydrogen-bond donors (Lipinski definition) is 0. The fourth-order valence-corrected chi connectivity index (χ4v) is 9.55. The van der Waals surface area contributed by atoms with Gasteiger partial charge in [0.05, 0.1) is 56.5 Å². The quantitative estimate of drug-likeness (QED) is 0.160. The lowest BCUT2D eigenvalue weighted by Gasteiger charge is -2.19. The summed E-state index contributed by atoms with van der Waals surface area (Å²) in [5.41, 5.74) is 14.1. The van der Waals surface area contributed by atoms with E-state index in [0.717, 1.165) is 106 Å². The first-order valence-electron chi connectivity index (χ1n) is 21.6. The van der Waals surface area contributed by atoms with E-state index in [4.69, 9.17) is 0 Å². The molecule has 310 valence electrons. The van der Waals surface area contributed by atoms with E-state index < -0.39 is 11.6 Å². The first kappa shape index (κ1) is 38.7. The molecule has 0 aliphatic rings. The largest absolute Gasteiger partial charge is 0.307 e. The maximum Gasteiger partial charge on any atom is 0.126 e. The summed E-state index contributed by atoms with van der Waals surface area (Å²) in [5, 5.41) is 15.0. The van der Waals surface area contributed by atoms with E-state index in [-0.39, 0.29) is 11.1 Å². The first-order valence-corrected chi connectivity index (χ1v) is 21.6. The highest BCUT2D eigenvalue weighted by Crippen LogP contribution is 2.43. The molecule has 5 nitrogen and oxygen atoms in total. The SMILES string of the molecule is N#Cc1cc(-n2c3ccccc3c3cc(-c4ccnc(-c5ccccc5)c4)ccc32)c(-n2c3ccccc3c3cc(-c4ccnc(-c5ccccc5)c4)ccc32)cc1-c1cc(F)cc(F)c1. The zero-order valence-corrected chi connectivity index (χ0v) is 35.2. The first-order chi connectivity index (χ1) is 32.5. The van der Waals surface area contributed by atoms with Gasteiger partial charge in [0.15, 0.2) is 0 Å². The Morgan fingerprint density at radius 3 is 1.30 bits per heavy atom. The van der Waals surface area contributed by atoms with Crippen LogP contribution in [0.3, 0.4) is 0 Å². The zero-order chi connectivity index (χ0) is 44.3. The summed E-state index contributed by atoms with van der Waals surface area (Å²) in [6.07, 6.45) is 3.69. The van der Waals surface area contributed by atoms with Gasteiger partial charge in [-0.1, -0.05) is 109 Å². The number of nitriles is 1. The molecular weight excluding hydrogens is 817 g/mol. The molecule has 0 aliphatic heterocycles. The van der Waals surface area contributed by atoms with Crippen LogP contribution in [0.25, 0.3) is 111 Å². The van der Waals surface area contributed by atoms with Crippen molar-refractivity contribution in [3.63, 3.8) is 0 Å². The van der Waals surface area contributed by atoms with E-state index in [1.165, 1.54) is 12.1 Å². The van der Waals surface area contributed by atoms with Gasteiger partial charge in [-0.05, 0) is 113 Å². The van der Waals surface area contributed by atoms with Crippen molar-refractivity contribution in [2.24, 2.45) is 0 Å². The van der Waals surface area contributed by atoms with Gasteiger partial charge in [-0.2, -0.15) is 5.26 Å². The third kappa shape index (κ3) is 6.51. The summed E-state index contributed by atoms with van der Waals surface area (Å²) in [5.74, 6) is -1.45. The third-order valence-corrected chi connectivity index (χ3v) is 12.6. The van der Waals surface area contributed by atoms with Crippen molar-refractivity contribution in [2.75, 3.05) is 0 Å². The fourth-order valence-electron chi connectivity index (χ4n) is 9.55. The van der Waals surface area contributed by atoms with Crippen molar-refractivity contribution in [2.45, 2.75) is 0 Å². The highest BCUT2D eigenvalue weighted by Gasteiger charge is 2.23. The van der Waals surface area contributed by atoms with Crippen LogP contribution in [-0.4, -0.2) is 19.1 Å². The van der Waals surface area contributed by atoms with Gasteiger partial charge in [0.1, 0.15) is 11.6 Å². The normalized spacial score (nSPS) is 11.5. The standard InChI is InChI=1S/C59H35F2N5/c60-45-27-43(28-46(61)34-45)49-35-59(66-55-18-10-8-16-48(55)51-30-40(20-22-57(51)66)42-24-26-64-53(32-42)38-13-5-2-6-14-38)58(33-44(49)36-62)65-54-17-9-7-15-47(54)50-29-39(19-21-56(50)65)41-23-25-63-52(31-41)37-11-3-1-4-12-37/h1-35H. The van der Waals surface area contributed by atoms with Gasteiger partial charge in [-0.15, -0.1) is 0 Å². The molecule has 12 aromatic rings. The van der Waals surface area contributed by atoms with Gasteiger partial charge in [-0.3, -0.25) is 9.97 Å². The number of benzene rings is 8. The van der Waals surface area contributed by atoms with Crippen LogP contribution in [0.5, 0.6) is 0 Å². The molecule has 0 amide bonds. The Morgan fingerprint density at radius 1 is 0.364 bits per heavy atom. The molecule has 0 aliphatic carbocycles. The number of para-hydroxylation sites is 2. The van der Waals surface area contributed by atoms with Crippen LogP contribution in [0.4, 0.5) is 8.78 Å². The molecule has 0 atom stereocenters. The van der Waals surface area contributed by atoms with Crippen LogP contribution in [0.15, 0.2) is 213 Å². The smallest absolute Gasteiger partial charge is 0.126 e. The second-order valence-corrected chi connectivity index (χ2v) is 16.4. The van der Waals surface area contributed by atoms with E-state index in [1.807, 2.05) is 97.3 Å². The van der Waals surface area contributed by atoms with Gasteiger partial charge in [0, 0.05) is 56.7 Å². The van der Waals surface area contributed by atoms with E-state index in [2.05, 4.69) is 122 Å². The molecule has 0 bridgehead atoms. The Morgan fingerprint density at radius 2 is 0.803 bits per heavy atom. The summed E-state index contributed by atoms with van der Waals surface area (Å²) in [6, 6.07) is 67.7. The molecule has 12 rings (SSSR count). The van der Waals surface area contributed by atoms with E-state index in [9.17, 15) is 5.26 Å². The third-order valence-electron chi connectivity index (χ3n) is 12.6. The zero-order valence-electron chi connectivity index (χ0n) is 35.2. The Hall–Kier alpha value is -8.99. The molecule has 4 aromatic heterocycles. The van der Waals surface area contributed by atoms with Crippen molar-refractivity contribution in [3.8, 4) is 73.3 Å². The predicted molar refractivity (Wildman–Crippen MR) is 263 cm³/mol. The number of rotatable bonds is 7. The van der Waals surface area contributed by atoms with E-state index in [1.54, 1.807) is 0 Å². The lowest BCUT2D eigenvalue weighted by molar-refractivity contribution is 0.584. The number of hydrogen-bond acceptors (Lipinski definition) is 3. The van der Waals surface area contributed by atoms with Gasteiger partial charge < -0.3 is 9.13 Å². The van der Waals surface area contributed by atoms with Gasteiger partial charge in [-0.25, -0.2) is 8.78 Å². The minimum Gasteiger partial charge on any atom is -0.307 e. The van der Waals surface area contributed by atoms with E-state index in [0.29, 0.717) is 5.56 Å².